The molecule has 0 radical (unpaired) electrons. The molecule has 4 heteroatoms. The van der Waals surface area contributed by atoms with E-state index >= 15 is 0 Å². The monoisotopic (exact) mass is 226 g/mol. The minimum atomic E-state index is -2.93. The quantitative estimate of drug-likeness (QED) is 0.782. The van der Waals surface area contributed by atoms with E-state index in [1.807, 2.05) is 18.2 Å². The maximum absolute atomic E-state index is 12.4. The van der Waals surface area contributed by atoms with Gasteiger partial charge in [0.1, 0.15) is 0 Å². The van der Waals surface area contributed by atoms with Crippen molar-refractivity contribution in [1.29, 1.82) is 0 Å². The topological polar surface area (TPSA) is 46.5 Å². The largest absolute Gasteiger partial charge is 0.392 e. The first-order valence-electron chi connectivity index (χ1n) is 4.81. The van der Waals surface area contributed by atoms with Crippen molar-refractivity contribution >= 4 is 12.7 Å². The van der Waals surface area contributed by atoms with Gasteiger partial charge in [-0.25, -0.2) is 0 Å². The van der Waals surface area contributed by atoms with Crippen LogP contribution in [-0.2, 0) is 9.09 Å². The van der Waals surface area contributed by atoms with E-state index in [1.165, 1.54) is 11.9 Å². The second-order valence-corrected chi connectivity index (χ2v) is 5.18. The highest BCUT2D eigenvalue weighted by Gasteiger charge is 2.20. The summed E-state index contributed by atoms with van der Waals surface area (Å²) in [6.07, 6.45) is 1.45. The molecule has 1 rings (SSSR count). The van der Waals surface area contributed by atoms with E-state index in [1.54, 1.807) is 19.1 Å². The molecule has 82 valence electrons. The van der Waals surface area contributed by atoms with Crippen LogP contribution in [-0.4, -0.2) is 18.3 Å². The van der Waals surface area contributed by atoms with E-state index in [-0.39, 0.29) is 6.61 Å². The van der Waals surface area contributed by atoms with Crippen LogP contribution in [0, 0.1) is 0 Å². The Hall–Kier alpha value is -0.890. The third-order valence-electron chi connectivity index (χ3n) is 1.84. The lowest BCUT2D eigenvalue weighted by atomic mass is 10.4. The SMILES string of the molecule is CCOP(=O)(/C=C/CO)c1ccccc1. The molecule has 15 heavy (non-hydrogen) atoms. The molecule has 1 atom stereocenters. The van der Waals surface area contributed by atoms with Crippen LogP contribution >= 0.6 is 7.37 Å². The zero-order chi connectivity index (χ0) is 11.1. The Morgan fingerprint density at radius 3 is 2.60 bits per heavy atom. The first-order valence-corrected chi connectivity index (χ1v) is 6.51. The lowest BCUT2D eigenvalue weighted by Gasteiger charge is -2.13. The summed E-state index contributed by atoms with van der Waals surface area (Å²) in [5, 5.41) is 9.33. The minimum Gasteiger partial charge on any atom is -0.392 e. The van der Waals surface area contributed by atoms with E-state index in [0.717, 1.165) is 0 Å². The van der Waals surface area contributed by atoms with Gasteiger partial charge in [0, 0.05) is 11.1 Å². The molecule has 1 unspecified atom stereocenters. The summed E-state index contributed by atoms with van der Waals surface area (Å²) in [5.74, 6) is 1.45. The Balaban J connectivity index is 3.01. The third kappa shape index (κ3) is 3.31. The second-order valence-electron chi connectivity index (χ2n) is 2.92. The average molecular weight is 226 g/mol. The molecule has 0 aliphatic carbocycles. The second kappa shape index (κ2) is 5.86. The molecular formula is C11H15O3P. The molecule has 1 aromatic carbocycles. The molecule has 0 spiro atoms. The van der Waals surface area contributed by atoms with Gasteiger partial charge in [-0.3, -0.25) is 4.57 Å². The third-order valence-corrected chi connectivity index (χ3v) is 4.11. The Morgan fingerprint density at radius 1 is 1.40 bits per heavy atom. The molecule has 1 N–H and O–H groups in total. The molecule has 0 saturated carbocycles. The van der Waals surface area contributed by atoms with Gasteiger partial charge < -0.3 is 9.63 Å². The Kier molecular flexibility index (Phi) is 4.76. The summed E-state index contributed by atoms with van der Waals surface area (Å²) in [5.41, 5.74) is 0. The first kappa shape index (κ1) is 12.2. The standard InChI is InChI=1S/C11H15O3P/c1-2-14-15(13,10-6-9-12)11-7-4-3-5-8-11/h3-8,10,12H,2,9H2,1H3/b10-6+. The normalized spacial score (nSPS) is 15.3. The zero-order valence-corrected chi connectivity index (χ0v) is 9.56. The molecule has 0 aromatic heterocycles. The van der Waals surface area contributed by atoms with Gasteiger partial charge in [-0.15, -0.1) is 0 Å². The molecule has 1 aromatic rings. The van der Waals surface area contributed by atoms with Crippen molar-refractivity contribution in [3.63, 3.8) is 0 Å². The predicted molar refractivity (Wildman–Crippen MR) is 61.5 cm³/mol. The zero-order valence-electron chi connectivity index (χ0n) is 8.67. The summed E-state index contributed by atoms with van der Waals surface area (Å²) >= 11 is 0. The number of aliphatic hydroxyl groups excluding tert-OH is 1. The van der Waals surface area contributed by atoms with Gasteiger partial charge in [0.05, 0.1) is 13.2 Å². The molecule has 0 aliphatic heterocycles. The van der Waals surface area contributed by atoms with Crippen molar-refractivity contribution in [2.75, 3.05) is 13.2 Å². The molecule has 0 saturated heterocycles. The number of rotatable bonds is 5. The van der Waals surface area contributed by atoms with Gasteiger partial charge in [0.15, 0.2) is 0 Å². The Morgan fingerprint density at radius 2 is 2.07 bits per heavy atom. The lowest BCUT2D eigenvalue weighted by Crippen LogP contribution is -2.05. The first-order chi connectivity index (χ1) is 7.23. The molecule has 0 heterocycles. The van der Waals surface area contributed by atoms with Crippen LogP contribution in [0.5, 0.6) is 0 Å². The van der Waals surface area contributed by atoms with E-state index in [2.05, 4.69) is 0 Å². The smallest absolute Gasteiger partial charge is 0.254 e. The van der Waals surface area contributed by atoms with Crippen molar-refractivity contribution in [1.82, 2.24) is 0 Å². The highest BCUT2D eigenvalue weighted by atomic mass is 31.2. The molecule has 0 bridgehead atoms. The molecule has 0 aliphatic rings. The van der Waals surface area contributed by atoms with Crippen molar-refractivity contribution in [3.8, 4) is 0 Å². The van der Waals surface area contributed by atoms with Crippen LogP contribution in [0.3, 0.4) is 0 Å². The summed E-state index contributed by atoms with van der Waals surface area (Å²) in [6, 6.07) is 9.01. The molecule has 0 fully saturated rings. The number of benzene rings is 1. The molecule has 3 nitrogen and oxygen atoms in total. The fourth-order valence-corrected chi connectivity index (χ4v) is 2.97. The molecular weight excluding hydrogens is 211 g/mol. The fourth-order valence-electron chi connectivity index (χ4n) is 1.22. The van der Waals surface area contributed by atoms with Crippen LogP contribution in [0.1, 0.15) is 6.92 Å². The maximum Gasteiger partial charge on any atom is 0.254 e. The van der Waals surface area contributed by atoms with Crippen molar-refractivity contribution in [2.24, 2.45) is 0 Å². The summed E-state index contributed by atoms with van der Waals surface area (Å²) in [4.78, 5) is 0. The highest BCUT2D eigenvalue weighted by Crippen LogP contribution is 2.46. The summed E-state index contributed by atoms with van der Waals surface area (Å²) in [6.45, 7) is 2.04. The van der Waals surface area contributed by atoms with E-state index in [9.17, 15) is 4.57 Å². The van der Waals surface area contributed by atoms with Gasteiger partial charge in [-0.1, -0.05) is 24.3 Å². The van der Waals surface area contributed by atoms with Gasteiger partial charge in [-0.05, 0) is 19.1 Å². The van der Waals surface area contributed by atoms with Gasteiger partial charge in [0.2, 0.25) is 0 Å². The van der Waals surface area contributed by atoms with Crippen LogP contribution in [0.4, 0.5) is 0 Å². The lowest BCUT2D eigenvalue weighted by molar-refractivity contribution is 0.338. The van der Waals surface area contributed by atoms with Crippen molar-refractivity contribution < 1.29 is 14.2 Å². The molecule has 0 amide bonds. The number of hydrogen-bond donors (Lipinski definition) is 1. The van der Waals surface area contributed by atoms with Gasteiger partial charge in [0.25, 0.3) is 7.37 Å². The van der Waals surface area contributed by atoms with Crippen LogP contribution in [0.15, 0.2) is 42.2 Å². The number of aliphatic hydroxyl groups is 1. The van der Waals surface area contributed by atoms with E-state index in [4.69, 9.17) is 9.63 Å². The van der Waals surface area contributed by atoms with Crippen LogP contribution in [0.25, 0.3) is 0 Å². The van der Waals surface area contributed by atoms with Crippen molar-refractivity contribution in [2.45, 2.75) is 6.92 Å². The predicted octanol–water partition coefficient (Wildman–Crippen LogP) is 2.13. The highest BCUT2D eigenvalue weighted by molar-refractivity contribution is 7.70. The summed E-state index contributed by atoms with van der Waals surface area (Å²) in [7, 11) is -2.93. The van der Waals surface area contributed by atoms with E-state index < -0.39 is 7.37 Å². The van der Waals surface area contributed by atoms with Crippen molar-refractivity contribution in [3.05, 3.63) is 42.2 Å². The Bertz CT molecular complexity index is 359. The van der Waals surface area contributed by atoms with Gasteiger partial charge >= 0.3 is 0 Å². The number of hydrogen-bond acceptors (Lipinski definition) is 3. The van der Waals surface area contributed by atoms with Crippen LogP contribution < -0.4 is 5.30 Å². The fraction of sp³-hybridized carbons (Fsp3) is 0.273. The van der Waals surface area contributed by atoms with E-state index in [0.29, 0.717) is 11.9 Å². The summed E-state index contributed by atoms with van der Waals surface area (Å²) < 4.78 is 17.6. The van der Waals surface area contributed by atoms with Gasteiger partial charge in [-0.2, -0.15) is 0 Å². The maximum atomic E-state index is 12.4. The minimum absolute atomic E-state index is 0.135. The average Bonchev–Trinajstić information content (AvgIpc) is 2.28. The Labute approximate surface area is 89.9 Å². The van der Waals surface area contributed by atoms with Crippen LogP contribution in [0.2, 0.25) is 0 Å².